The van der Waals surface area contributed by atoms with E-state index in [0.29, 0.717) is 12.1 Å². The van der Waals surface area contributed by atoms with Crippen LogP contribution in [0.2, 0.25) is 0 Å². The maximum atomic E-state index is 12.7. The van der Waals surface area contributed by atoms with Crippen LogP contribution in [0.1, 0.15) is 54.1 Å². The van der Waals surface area contributed by atoms with Gasteiger partial charge in [-0.25, -0.2) is 0 Å². The van der Waals surface area contributed by atoms with Crippen LogP contribution in [0.15, 0.2) is 18.2 Å². The van der Waals surface area contributed by atoms with Crippen LogP contribution in [-0.2, 0) is 0 Å². The van der Waals surface area contributed by atoms with Crippen molar-refractivity contribution in [1.29, 1.82) is 0 Å². The van der Waals surface area contributed by atoms with E-state index in [-0.39, 0.29) is 5.91 Å². The van der Waals surface area contributed by atoms with Crippen LogP contribution in [0.4, 0.5) is 0 Å². The Hall–Kier alpha value is -1.35. The normalized spacial score (nSPS) is 22.1. The van der Waals surface area contributed by atoms with Gasteiger partial charge in [0.25, 0.3) is 5.91 Å². The first kappa shape index (κ1) is 16.0. The summed E-state index contributed by atoms with van der Waals surface area (Å²) < 4.78 is 0. The molecule has 0 aliphatic heterocycles. The molecule has 0 saturated heterocycles. The number of carbonyl (C=O) groups is 1. The number of benzene rings is 1. The van der Waals surface area contributed by atoms with Crippen LogP contribution in [-0.4, -0.2) is 36.5 Å². The second-order valence-corrected chi connectivity index (χ2v) is 6.30. The van der Waals surface area contributed by atoms with E-state index in [9.17, 15) is 4.79 Å². The molecule has 0 bridgehead atoms. The van der Waals surface area contributed by atoms with Crippen molar-refractivity contribution in [3.05, 3.63) is 34.9 Å². The topological polar surface area (TPSA) is 32.3 Å². The van der Waals surface area contributed by atoms with E-state index in [0.717, 1.165) is 30.5 Å². The number of nitrogens with zero attached hydrogens (tertiary/aromatic N) is 1. The molecule has 2 rings (SSSR count). The highest BCUT2D eigenvalue weighted by Crippen LogP contribution is 2.24. The molecule has 1 N–H and O–H groups in total. The second kappa shape index (κ2) is 7.08. The van der Waals surface area contributed by atoms with Crippen molar-refractivity contribution in [2.75, 3.05) is 13.6 Å². The molecule has 1 aliphatic carbocycles. The fourth-order valence-electron chi connectivity index (χ4n) is 3.37. The molecular weight excluding hydrogens is 260 g/mol. The third-order valence-electron chi connectivity index (χ3n) is 4.67. The summed E-state index contributed by atoms with van der Waals surface area (Å²) in [5.74, 6) is 0.166. The summed E-state index contributed by atoms with van der Waals surface area (Å²) in [6, 6.07) is 7.09. The van der Waals surface area contributed by atoms with Gasteiger partial charge < -0.3 is 10.2 Å². The molecule has 1 saturated carbocycles. The Morgan fingerprint density at radius 2 is 1.90 bits per heavy atom. The van der Waals surface area contributed by atoms with Gasteiger partial charge in [0.05, 0.1) is 0 Å². The number of hydrogen-bond donors (Lipinski definition) is 1. The molecule has 0 spiro atoms. The largest absolute Gasteiger partial charge is 0.339 e. The summed E-state index contributed by atoms with van der Waals surface area (Å²) >= 11 is 0. The first-order chi connectivity index (χ1) is 10.0. The van der Waals surface area contributed by atoms with Gasteiger partial charge in [-0.15, -0.1) is 0 Å². The lowest BCUT2D eigenvalue weighted by molar-refractivity contribution is 0.0684. The van der Waals surface area contributed by atoms with Crippen molar-refractivity contribution < 1.29 is 4.79 Å². The number of rotatable bonds is 4. The second-order valence-electron chi connectivity index (χ2n) is 6.30. The molecule has 0 heterocycles. The van der Waals surface area contributed by atoms with Gasteiger partial charge in [0.15, 0.2) is 0 Å². The Morgan fingerprint density at radius 3 is 2.48 bits per heavy atom. The summed E-state index contributed by atoms with van der Waals surface area (Å²) in [5.41, 5.74) is 3.13. The molecule has 0 aromatic heterocycles. The minimum Gasteiger partial charge on any atom is -0.339 e. The first-order valence-electron chi connectivity index (χ1n) is 8.10. The Balaban J connectivity index is 2.00. The summed E-state index contributed by atoms with van der Waals surface area (Å²) in [4.78, 5) is 14.7. The van der Waals surface area contributed by atoms with Crippen LogP contribution in [0.25, 0.3) is 0 Å². The first-order valence-corrected chi connectivity index (χ1v) is 8.10. The van der Waals surface area contributed by atoms with E-state index in [1.807, 2.05) is 31.0 Å². The minimum absolute atomic E-state index is 0.166. The molecule has 1 fully saturated rings. The molecule has 3 heteroatoms. The summed E-state index contributed by atoms with van der Waals surface area (Å²) in [6.45, 7) is 7.28. The number of amides is 1. The Kier molecular flexibility index (Phi) is 5.40. The number of hydrogen-bond acceptors (Lipinski definition) is 2. The van der Waals surface area contributed by atoms with Crippen molar-refractivity contribution in [1.82, 2.24) is 10.2 Å². The number of nitrogens with one attached hydrogen (secondary N) is 1. The van der Waals surface area contributed by atoms with Crippen LogP contribution < -0.4 is 5.32 Å². The molecule has 1 aromatic carbocycles. The van der Waals surface area contributed by atoms with Crippen molar-refractivity contribution in [2.24, 2.45) is 0 Å². The van der Waals surface area contributed by atoms with E-state index in [4.69, 9.17) is 0 Å². The Labute approximate surface area is 128 Å². The molecule has 116 valence electrons. The summed E-state index contributed by atoms with van der Waals surface area (Å²) in [7, 11) is 1.96. The predicted molar refractivity (Wildman–Crippen MR) is 87.7 cm³/mol. The molecule has 0 radical (unpaired) electrons. The zero-order valence-electron chi connectivity index (χ0n) is 13.8. The highest BCUT2D eigenvalue weighted by Gasteiger charge is 2.27. The lowest BCUT2D eigenvalue weighted by Gasteiger charge is -2.35. The lowest BCUT2D eigenvalue weighted by atomic mass is 9.90. The molecule has 0 atom stereocenters. The smallest absolute Gasteiger partial charge is 0.254 e. The molecule has 21 heavy (non-hydrogen) atoms. The molecule has 1 aromatic rings. The van der Waals surface area contributed by atoms with Crippen LogP contribution in [0.3, 0.4) is 0 Å². The zero-order chi connectivity index (χ0) is 15.4. The molecule has 3 nitrogen and oxygen atoms in total. The maximum absolute atomic E-state index is 12.7. The lowest BCUT2D eigenvalue weighted by Crippen LogP contribution is -2.43. The van der Waals surface area contributed by atoms with Gasteiger partial charge in [-0.1, -0.05) is 24.6 Å². The maximum Gasteiger partial charge on any atom is 0.254 e. The third kappa shape index (κ3) is 3.85. The van der Waals surface area contributed by atoms with Gasteiger partial charge in [-0.3, -0.25) is 4.79 Å². The van der Waals surface area contributed by atoms with Crippen LogP contribution in [0.5, 0.6) is 0 Å². The highest BCUT2D eigenvalue weighted by molar-refractivity contribution is 5.95. The van der Waals surface area contributed by atoms with E-state index in [1.165, 1.54) is 18.4 Å². The standard InChI is InChI=1S/C18H28N2O/c1-5-19-15-7-9-16(10-8-15)20(4)18(21)17-11-6-13(2)12-14(17)3/h6,11-12,15-16,19H,5,7-10H2,1-4H3. The molecule has 0 unspecified atom stereocenters. The molecule has 1 amide bonds. The minimum atomic E-state index is 0.166. The Bertz CT molecular complexity index is 490. The zero-order valence-corrected chi connectivity index (χ0v) is 13.8. The van der Waals surface area contributed by atoms with Crippen molar-refractivity contribution in [2.45, 2.75) is 58.5 Å². The van der Waals surface area contributed by atoms with Crippen molar-refractivity contribution >= 4 is 5.91 Å². The van der Waals surface area contributed by atoms with Gasteiger partial charge in [0, 0.05) is 24.7 Å². The average molecular weight is 288 g/mol. The number of carbonyl (C=O) groups excluding carboxylic acids is 1. The predicted octanol–water partition coefficient (Wildman–Crippen LogP) is 3.30. The quantitative estimate of drug-likeness (QED) is 0.922. The van der Waals surface area contributed by atoms with Gasteiger partial charge >= 0.3 is 0 Å². The van der Waals surface area contributed by atoms with Gasteiger partial charge in [-0.2, -0.15) is 0 Å². The van der Waals surface area contributed by atoms with E-state index >= 15 is 0 Å². The van der Waals surface area contributed by atoms with E-state index in [1.54, 1.807) is 0 Å². The van der Waals surface area contributed by atoms with Crippen molar-refractivity contribution in [3.8, 4) is 0 Å². The summed E-state index contributed by atoms with van der Waals surface area (Å²) in [6.07, 6.45) is 4.54. The van der Waals surface area contributed by atoms with Crippen molar-refractivity contribution in [3.63, 3.8) is 0 Å². The van der Waals surface area contributed by atoms with Gasteiger partial charge in [0.2, 0.25) is 0 Å². The van der Waals surface area contributed by atoms with Gasteiger partial charge in [-0.05, 0) is 57.7 Å². The SMILES string of the molecule is CCNC1CCC(N(C)C(=O)c2ccc(C)cc2C)CC1. The number of aryl methyl sites for hydroxylation is 2. The van der Waals surface area contributed by atoms with E-state index < -0.39 is 0 Å². The summed E-state index contributed by atoms with van der Waals surface area (Å²) in [5, 5.41) is 3.52. The van der Waals surface area contributed by atoms with E-state index in [2.05, 4.69) is 25.2 Å². The fraction of sp³-hybridized carbons (Fsp3) is 0.611. The average Bonchev–Trinajstić information content (AvgIpc) is 2.47. The Morgan fingerprint density at radius 1 is 1.24 bits per heavy atom. The molecule has 1 aliphatic rings. The van der Waals surface area contributed by atoms with Crippen LogP contribution >= 0.6 is 0 Å². The molecular formula is C18H28N2O. The van der Waals surface area contributed by atoms with Crippen LogP contribution in [0, 0.1) is 13.8 Å². The third-order valence-corrected chi connectivity index (χ3v) is 4.67. The fourth-order valence-corrected chi connectivity index (χ4v) is 3.37. The monoisotopic (exact) mass is 288 g/mol. The van der Waals surface area contributed by atoms with Gasteiger partial charge in [0.1, 0.15) is 0 Å². The highest BCUT2D eigenvalue weighted by atomic mass is 16.2.